The van der Waals surface area contributed by atoms with E-state index in [0.29, 0.717) is 12.4 Å². The molecule has 0 fully saturated rings. The smallest absolute Gasteiger partial charge is 0.375 e. The lowest BCUT2D eigenvalue weighted by molar-refractivity contribution is 0.0683. The highest BCUT2D eigenvalue weighted by atomic mass is 16.4. The number of carboxylic acid groups (broad SMARTS) is 1. The number of para-hydroxylation sites is 3. The van der Waals surface area contributed by atoms with E-state index in [1.165, 1.54) is 0 Å². The molecule has 6 nitrogen and oxygen atoms in total. The van der Waals surface area contributed by atoms with Crippen LogP contribution in [0.15, 0.2) is 54.6 Å². The average molecular weight is 292 g/mol. The molecule has 0 saturated heterocycles. The number of hydrogen-bond donors (Lipinski definition) is 1. The molecule has 0 saturated carbocycles. The second-order valence-electron chi connectivity index (χ2n) is 4.98. The molecule has 2 aromatic carbocycles. The summed E-state index contributed by atoms with van der Waals surface area (Å²) >= 11 is 0. The molecule has 0 spiro atoms. The van der Waals surface area contributed by atoms with Gasteiger partial charge in [0.1, 0.15) is 0 Å². The van der Waals surface area contributed by atoms with Gasteiger partial charge in [0, 0.05) is 5.69 Å². The molecule has 2 heterocycles. The van der Waals surface area contributed by atoms with Crippen LogP contribution in [0.1, 0.15) is 16.4 Å². The van der Waals surface area contributed by atoms with Crippen molar-refractivity contribution in [3.63, 3.8) is 0 Å². The van der Waals surface area contributed by atoms with Crippen LogP contribution in [0.5, 0.6) is 0 Å². The second-order valence-corrected chi connectivity index (χ2v) is 4.98. The minimum absolute atomic E-state index is 0.181. The van der Waals surface area contributed by atoms with Crippen LogP contribution in [0.25, 0.3) is 5.69 Å². The lowest BCUT2D eigenvalue weighted by Gasteiger charge is -2.30. The number of rotatable bonds is 2. The van der Waals surface area contributed by atoms with Gasteiger partial charge in [-0.05, 0) is 24.3 Å². The van der Waals surface area contributed by atoms with Crippen LogP contribution >= 0.6 is 0 Å². The standard InChI is InChI=1S/C16H12N4O2/c21-16(22)15-17-14-10-19(11-6-2-1-3-7-11)12-8-4-5-9-13(12)20(14)18-15/h1-9H,10H2,(H,21,22). The fourth-order valence-electron chi connectivity index (χ4n) is 2.67. The number of aromatic carboxylic acids is 1. The van der Waals surface area contributed by atoms with E-state index in [1.807, 2.05) is 54.6 Å². The first kappa shape index (κ1) is 12.6. The molecular formula is C16H12N4O2. The topological polar surface area (TPSA) is 71.2 Å². The van der Waals surface area contributed by atoms with Crippen LogP contribution < -0.4 is 4.90 Å². The quantitative estimate of drug-likeness (QED) is 0.786. The summed E-state index contributed by atoms with van der Waals surface area (Å²) in [4.78, 5) is 17.4. The minimum atomic E-state index is -1.12. The number of fused-ring (bicyclic) bond motifs is 3. The Morgan fingerprint density at radius 1 is 1.00 bits per heavy atom. The summed E-state index contributed by atoms with van der Waals surface area (Å²) in [5, 5.41) is 13.2. The lowest BCUT2D eigenvalue weighted by Crippen LogP contribution is -2.25. The van der Waals surface area contributed by atoms with Crippen LogP contribution in [-0.2, 0) is 6.54 Å². The Hall–Kier alpha value is -3.15. The summed E-state index contributed by atoms with van der Waals surface area (Å²) in [6.45, 7) is 0.474. The molecule has 1 aromatic heterocycles. The number of nitrogens with zero attached hydrogens (tertiary/aromatic N) is 4. The molecule has 0 unspecified atom stereocenters. The number of carbonyl (C=O) groups is 1. The normalized spacial score (nSPS) is 12.6. The maximum Gasteiger partial charge on any atom is 0.375 e. The first-order valence-electron chi connectivity index (χ1n) is 6.85. The van der Waals surface area contributed by atoms with E-state index in [9.17, 15) is 4.79 Å². The fraction of sp³-hybridized carbons (Fsp3) is 0.0625. The first-order valence-corrected chi connectivity index (χ1v) is 6.85. The maximum absolute atomic E-state index is 11.1. The van der Waals surface area contributed by atoms with Crippen molar-refractivity contribution in [2.75, 3.05) is 4.90 Å². The van der Waals surface area contributed by atoms with E-state index in [4.69, 9.17) is 5.11 Å². The van der Waals surface area contributed by atoms with Crippen molar-refractivity contribution in [2.45, 2.75) is 6.54 Å². The van der Waals surface area contributed by atoms with Gasteiger partial charge in [0.2, 0.25) is 0 Å². The highest BCUT2D eigenvalue weighted by Crippen LogP contribution is 2.36. The molecule has 1 aliphatic rings. The molecule has 6 heteroatoms. The summed E-state index contributed by atoms with van der Waals surface area (Å²) in [7, 11) is 0. The second kappa shape index (κ2) is 4.70. The molecule has 1 N–H and O–H groups in total. The van der Waals surface area contributed by atoms with Crippen molar-refractivity contribution in [3.05, 3.63) is 66.2 Å². The molecule has 0 atom stereocenters. The third-order valence-electron chi connectivity index (χ3n) is 3.63. The van der Waals surface area contributed by atoms with Gasteiger partial charge in [-0.1, -0.05) is 30.3 Å². The third-order valence-corrected chi connectivity index (χ3v) is 3.63. The van der Waals surface area contributed by atoms with Gasteiger partial charge in [-0.3, -0.25) is 0 Å². The average Bonchev–Trinajstić information content (AvgIpc) is 2.99. The van der Waals surface area contributed by atoms with Gasteiger partial charge in [0.05, 0.1) is 17.9 Å². The molecule has 3 aromatic rings. The summed E-state index contributed by atoms with van der Waals surface area (Å²) in [6, 6.07) is 17.7. The van der Waals surface area contributed by atoms with Gasteiger partial charge >= 0.3 is 5.97 Å². The summed E-state index contributed by atoms with van der Waals surface area (Å²) in [5.74, 6) is -0.690. The zero-order valence-electron chi connectivity index (χ0n) is 11.5. The lowest BCUT2D eigenvalue weighted by atomic mass is 10.1. The fourth-order valence-corrected chi connectivity index (χ4v) is 2.67. The molecule has 1 aliphatic heterocycles. The Balaban J connectivity index is 1.90. The zero-order chi connectivity index (χ0) is 15.1. The zero-order valence-corrected chi connectivity index (χ0v) is 11.5. The van der Waals surface area contributed by atoms with E-state index >= 15 is 0 Å². The Morgan fingerprint density at radius 2 is 1.68 bits per heavy atom. The summed E-state index contributed by atoms with van der Waals surface area (Å²) < 4.78 is 1.61. The van der Waals surface area contributed by atoms with E-state index in [-0.39, 0.29) is 5.82 Å². The van der Waals surface area contributed by atoms with Gasteiger partial charge in [-0.2, -0.15) is 0 Å². The van der Waals surface area contributed by atoms with E-state index in [1.54, 1.807) is 4.68 Å². The van der Waals surface area contributed by atoms with Gasteiger partial charge < -0.3 is 10.0 Å². The number of benzene rings is 2. The molecule has 22 heavy (non-hydrogen) atoms. The molecule has 0 bridgehead atoms. The third kappa shape index (κ3) is 1.85. The van der Waals surface area contributed by atoms with Crippen molar-refractivity contribution in [1.82, 2.24) is 14.8 Å². The van der Waals surface area contributed by atoms with Crippen LogP contribution in [0.4, 0.5) is 11.4 Å². The Bertz CT molecular complexity index is 858. The number of hydrogen-bond acceptors (Lipinski definition) is 4. The van der Waals surface area contributed by atoms with Gasteiger partial charge in [-0.25, -0.2) is 14.5 Å². The van der Waals surface area contributed by atoms with Crippen molar-refractivity contribution >= 4 is 17.3 Å². The Labute approximate surface area is 126 Å². The number of aromatic nitrogens is 3. The predicted molar refractivity (Wildman–Crippen MR) is 80.6 cm³/mol. The van der Waals surface area contributed by atoms with E-state index in [0.717, 1.165) is 17.1 Å². The van der Waals surface area contributed by atoms with Gasteiger partial charge in [-0.15, -0.1) is 5.10 Å². The van der Waals surface area contributed by atoms with Crippen molar-refractivity contribution in [3.8, 4) is 5.69 Å². The first-order chi connectivity index (χ1) is 10.7. The largest absolute Gasteiger partial charge is 0.475 e. The van der Waals surface area contributed by atoms with Crippen molar-refractivity contribution in [2.24, 2.45) is 0 Å². The van der Waals surface area contributed by atoms with Crippen molar-refractivity contribution < 1.29 is 9.90 Å². The van der Waals surface area contributed by atoms with Crippen LogP contribution in [-0.4, -0.2) is 25.8 Å². The Kier molecular flexibility index (Phi) is 2.69. The van der Waals surface area contributed by atoms with Gasteiger partial charge in [0.25, 0.3) is 5.82 Å². The predicted octanol–water partition coefficient (Wildman–Crippen LogP) is 2.62. The van der Waals surface area contributed by atoms with E-state index < -0.39 is 5.97 Å². The highest BCUT2D eigenvalue weighted by molar-refractivity contribution is 5.83. The molecular weight excluding hydrogens is 280 g/mol. The number of carboxylic acids is 1. The molecule has 0 aliphatic carbocycles. The van der Waals surface area contributed by atoms with Crippen LogP contribution in [0.2, 0.25) is 0 Å². The van der Waals surface area contributed by atoms with E-state index in [2.05, 4.69) is 15.0 Å². The van der Waals surface area contributed by atoms with Crippen LogP contribution in [0, 0.1) is 0 Å². The molecule has 0 radical (unpaired) electrons. The summed E-state index contributed by atoms with van der Waals surface area (Å²) in [6.07, 6.45) is 0. The highest BCUT2D eigenvalue weighted by Gasteiger charge is 2.27. The van der Waals surface area contributed by atoms with Gasteiger partial charge in [0.15, 0.2) is 5.82 Å². The molecule has 0 amide bonds. The monoisotopic (exact) mass is 292 g/mol. The minimum Gasteiger partial charge on any atom is -0.475 e. The maximum atomic E-state index is 11.1. The van der Waals surface area contributed by atoms with Crippen molar-refractivity contribution in [1.29, 1.82) is 0 Å². The molecule has 4 rings (SSSR count). The Morgan fingerprint density at radius 3 is 2.41 bits per heavy atom. The molecule has 108 valence electrons. The summed E-state index contributed by atoms with van der Waals surface area (Å²) in [5.41, 5.74) is 2.83. The number of anilines is 2. The SMILES string of the molecule is O=C(O)c1nc2n(n1)-c1ccccc1N(c1ccccc1)C2. The van der Waals surface area contributed by atoms with Crippen LogP contribution in [0.3, 0.4) is 0 Å².